The molecule has 4 rings (SSSR count). The molecule has 2 amide bonds. The van der Waals surface area contributed by atoms with Crippen LogP contribution in [-0.4, -0.2) is 67.0 Å². The van der Waals surface area contributed by atoms with Crippen LogP contribution in [0.4, 0.5) is 8.78 Å². The monoisotopic (exact) mass is 497 g/mol. The number of nitrogens with one attached hydrogen (secondary N) is 1. The minimum atomic E-state index is -0.803. The molecule has 192 valence electrons. The van der Waals surface area contributed by atoms with Crippen LogP contribution in [0.15, 0.2) is 54.6 Å². The number of carbonyl (C=O) groups is 2. The molecule has 2 heterocycles. The molecule has 36 heavy (non-hydrogen) atoms. The average Bonchev–Trinajstić information content (AvgIpc) is 3.29. The van der Waals surface area contributed by atoms with E-state index in [0.717, 1.165) is 23.8 Å². The highest BCUT2D eigenvalue weighted by Gasteiger charge is 2.40. The molecule has 2 aromatic rings. The van der Waals surface area contributed by atoms with E-state index >= 15 is 0 Å². The standard InChI is InChI=1S/C28H33F2N3O3/c1-28(2,3)26(31-25(34)18-32-11-13-36-14-12-32)27(35)33-17-20(22-16-21(29)9-10-23(22)30)15-24(33)19-7-5-4-6-8-19/h4-10,15-16,24,26H,11-14,17-18H2,1-3H3,(H,31,34)/t24-,26+/m0/s1. The van der Waals surface area contributed by atoms with Gasteiger partial charge in [-0.2, -0.15) is 0 Å². The Morgan fingerprint density at radius 2 is 1.78 bits per heavy atom. The number of morpholine rings is 1. The first kappa shape index (κ1) is 26.0. The van der Waals surface area contributed by atoms with Crippen LogP contribution in [-0.2, 0) is 14.3 Å². The van der Waals surface area contributed by atoms with E-state index in [1.165, 1.54) is 0 Å². The lowest BCUT2D eigenvalue weighted by molar-refractivity contribution is -0.140. The summed E-state index contributed by atoms with van der Waals surface area (Å²) in [6, 6.07) is 11.5. The van der Waals surface area contributed by atoms with Gasteiger partial charge < -0.3 is 15.0 Å². The summed E-state index contributed by atoms with van der Waals surface area (Å²) in [5.74, 6) is -1.59. The first-order valence-electron chi connectivity index (χ1n) is 12.2. The molecule has 0 aromatic heterocycles. The smallest absolute Gasteiger partial charge is 0.246 e. The molecular weight excluding hydrogens is 464 g/mol. The molecule has 0 unspecified atom stereocenters. The van der Waals surface area contributed by atoms with Gasteiger partial charge in [-0.1, -0.05) is 57.2 Å². The van der Waals surface area contributed by atoms with Gasteiger partial charge in [0.1, 0.15) is 17.7 Å². The molecule has 0 aliphatic carbocycles. The number of nitrogens with zero attached hydrogens (tertiary/aromatic N) is 2. The molecule has 2 aliphatic heterocycles. The summed E-state index contributed by atoms with van der Waals surface area (Å²) in [5, 5.41) is 2.96. The molecule has 2 aliphatic rings. The van der Waals surface area contributed by atoms with Gasteiger partial charge in [0.05, 0.1) is 25.8 Å². The van der Waals surface area contributed by atoms with Crippen molar-refractivity contribution in [1.29, 1.82) is 0 Å². The van der Waals surface area contributed by atoms with Crippen molar-refractivity contribution >= 4 is 17.4 Å². The van der Waals surface area contributed by atoms with Gasteiger partial charge in [0, 0.05) is 25.2 Å². The van der Waals surface area contributed by atoms with Crippen LogP contribution in [0.25, 0.3) is 5.57 Å². The predicted octanol–water partition coefficient (Wildman–Crippen LogP) is 3.79. The largest absolute Gasteiger partial charge is 0.379 e. The second kappa shape index (κ2) is 10.9. The fourth-order valence-electron chi connectivity index (χ4n) is 4.66. The van der Waals surface area contributed by atoms with Gasteiger partial charge in [-0.25, -0.2) is 8.78 Å². The van der Waals surface area contributed by atoms with E-state index in [-0.39, 0.29) is 30.5 Å². The summed E-state index contributed by atoms with van der Waals surface area (Å²) >= 11 is 0. The van der Waals surface area contributed by atoms with Crippen molar-refractivity contribution < 1.29 is 23.1 Å². The first-order valence-corrected chi connectivity index (χ1v) is 12.2. The number of hydrogen-bond acceptors (Lipinski definition) is 4. The lowest BCUT2D eigenvalue weighted by atomic mass is 9.85. The number of rotatable bonds is 6. The zero-order valence-electron chi connectivity index (χ0n) is 21.0. The van der Waals surface area contributed by atoms with Crippen LogP contribution in [0.1, 0.15) is 37.9 Å². The fraction of sp³-hybridized carbons (Fsp3) is 0.429. The number of hydrogen-bond donors (Lipinski definition) is 1. The SMILES string of the molecule is CC(C)(C)[C@H](NC(=O)CN1CCOCC1)C(=O)N1CC(c2cc(F)ccc2F)=C[C@H]1c1ccccc1. The third-order valence-corrected chi connectivity index (χ3v) is 6.62. The average molecular weight is 498 g/mol. The van der Waals surface area contributed by atoms with Gasteiger partial charge in [-0.15, -0.1) is 0 Å². The third-order valence-electron chi connectivity index (χ3n) is 6.62. The van der Waals surface area contributed by atoms with Crippen molar-refractivity contribution in [2.45, 2.75) is 32.9 Å². The molecule has 2 atom stereocenters. The summed E-state index contributed by atoms with van der Waals surface area (Å²) in [5.41, 5.74) is 0.938. The van der Waals surface area contributed by atoms with E-state index in [1.807, 2.05) is 56.0 Å². The maximum atomic E-state index is 14.6. The molecule has 0 saturated carbocycles. The first-order chi connectivity index (χ1) is 17.1. The Bertz CT molecular complexity index is 1120. The Morgan fingerprint density at radius 1 is 1.08 bits per heavy atom. The van der Waals surface area contributed by atoms with Crippen molar-refractivity contribution in [2.75, 3.05) is 39.4 Å². The fourth-order valence-corrected chi connectivity index (χ4v) is 4.66. The lowest BCUT2D eigenvalue weighted by Crippen LogP contribution is -2.56. The number of halogens is 2. The second-order valence-corrected chi connectivity index (χ2v) is 10.4. The molecule has 1 fully saturated rings. The minimum Gasteiger partial charge on any atom is -0.379 e. The van der Waals surface area contributed by atoms with E-state index in [9.17, 15) is 18.4 Å². The van der Waals surface area contributed by atoms with E-state index in [0.29, 0.717) is 31.9 Å². The maximum absolute atomic E-state index is 14.6. The normalized spacial score (nSPS) is 19.6. The van der Waals surface area contributed by atoms with Crippen LogP contribution in [0, 0.1) is 17.0 Å². The summed E-state index contributed by atoms with van der Waals surface area (Å²) in [4.78, 5) is 30.6. The van der Waals surface area contributed by atoms with E-state index in [4.69, 9.17) is 4.74 Å². The Balaban J connectivity index is 1.61. The molecule has 8 heteroatoms. The van der Waals surface area contributed by atoms with Crippen molar-refractivity contribution in [3.05, 3.63) is 77.4 Å². The second-order valence-electron chi connectivity index (χ2n) is 10.4. The van der Waals surface area contributed by atoms with Crippen molar-refractivity contribution in [3.8, 4) is 0 Å². The Hall–Kier alpha value is -3.10. The third kappa shape index (κ3) is 5.99. The molecule has 6 nitrogen and oxygen atoms in total. The van der Waals surface area contributed by atoms with Crippen LogP contribution in [0.2, 0.25) is 0 Å². The van der Waals surface area contributed by atoms with Gasteiger partial charge >= 0.3 is 0 Å². The predicted molar refractivity (Wildman–Crippen MR) is 134 cm³/mol. The van der Waals surface area contributed by atoms with Gasteiger partial charge in [0.2, 0.25) is 11.8 Å². The number of benzene rings is 2. The Morgan fingerprint density at radius 3 is 2.44 bits per heavy atom. The van der Waals surface area contributed by atoms with Gasteiger partial charge in [0.15, 0.2) is 0 Å². The Labute approximate surface area is 210 Å². The molecule has 1 saturated heterocycles. The highest BCUT2D eigenvalue weighted by atomic mass is 19.1. The van der Waals surface area contributed by atoms with Crippen LogP contribution in [0.3, 0.4) is 0 Å². The molecule has 2 aromatic carbocycles. The van der Waals surface area contributed by atoms with E-state index < -0.39 is 29.1 Å². The Kier molecular flexibility index (Phi) is 7.85. The molecular formula is C28H33F2N3O3. The summed E-state index contributed by atoms with van der Waals surface area (Å²) in [6.07, 6.45) is 1.81. The zero-order chi connectivity index (χ0) is 25.9. The van der Waals surface area contributed by atoms with Gasteiger partial charge in [-0.05, 0) is 34.8 Å². The summed E-state index contributed by atoms with van der Waals surface area (Å²) in [6.45, 7) is 8.47. The van der Waals surface area contributed by atoms with Crippen molar-refractivity contribution in [1.82, 2.24) is 15.1 Å². The van der Waals surface area contributed by atoms with Crippen molar-refractivity contribution in [3.63, 3.8) is 0 Å². The maximum Gasteiger partial charge on any atom is 0.246 e. The van der Waals surface area contributed by atoms with Crippen LogP contribution >= 0.6 is 0 Å². The van der Waals surface area contributed by atoms with Gasteiger partial charge in [0.25, 0.3) is 0 Å². The topological polar surface area (TPSA) is 61.9 Å². The number of ether oxygens (including phenoxy) is 1. The van der Waals surface area contributed by atoms with E-state index in [2.05, 4.69) is 5.32 Å². The van der Waals surface area contributed by atoms with Crippen LogP contribution < -0.4 is 5.32 Å². The minimum absolute atomic E-state index is 0.102. The number of amides is 2. The molecule has 0 spiro atoms. The molecule has 1 N–H and O–H groups in total. The van der Waals surface area contributed by atoms with Crippen LogP contribution in [0.5, 0.6) is 0 Å². The molecule has 0 bridgehead atoms. The number of carbonyl (C=O) groups excluding carboxylic acids is 2. The highest BCUT2D eigenvalue weighted by Crippen LogP contribution is 2.37. The summed E-state index contributed by atoms with van der Waals surface area (Å²) in [7, 11) is 0. The quantitative estimate of drug-likeness (QED) is 0.660. The highest BCUT2D eigenvalue weighted by molar-refractivity contribution is 5.91. The summed E-state index contributed by atoms with van der Waals surface area (Å²) < 4.78 is 34.0. The zero-order valence-corrected chi connectivity index (χ0v) is 21.0. The lowest BCUT2D eigenvalue weighted by Gasteiger charge is -2.36. The molecule has 0 radical (unpaired) electrons. The van der Waals surface area contributed by atoms with Crippen molar-refractivity contribution in [2.24, 2.45) is 5.41 Å². The van der Waals surface area contributed by atoms with E-state index in [1.54, 1.807) is 11.0 Å². The van der Waals surface area contributed by atoms with Gasteiger partial charge in [-0.3, -0.25) is 14.5 Å².